The van der Waals surface area contributed by atoms with Crippen molar-refractivity contribution in [1.29, 1.82) is 0 Å². The molecule has 0 heterocycles. The van der Waals surface area contributed by atoms with Gasteiger partial charge in [-0.15, -0.1) is 0 Å². The molecule has 6 nitrogen and oxygen atoms in total. The average Bonchev–Trinajstić information content (AvgIpc) is 2.37. The highest BCUT2D eigenvalue weighted by molar-refractivity contribution is 7.98. The number of carbonyl (C=O) groups is 2. The molecule has 0 bridgehead atoms. The van der Waals surface area contributed by atoms with Gasteiger partial charge in [0.25, 0.3) is 0 Å². The third kappa shape index (κ3) is 10.9. The molecule has 1 atom stereocenters. The van der Waals surface area contributed by atoms with Crippen molar-refractivity contribution in [3.63, 3.8) is 0 Å². The molecule has 7 heteroatoms. The highest BCUT2D eigenvalue weighted by atomic mass is 32.2. The van der Waals surface area contributed by atoms with E-state index in [1.807, 2.05) is 6.26 Å². The molecule has 3 N–H and O–H groups in total. The van der Waals surface area contributed by atoms with Gasteiger partial charge in [-0.3, -0.25) is 0 Å². The van der Waals surface area contributed by atoms with E-state index in [-0.39, 0.29) is 0 Å². The highest BCUT2D eigenvalue weighted by Crippen LogP contribution is 2.01. The molecule has 0 saturated heterocycles. The molecule has 0 aromatic heterocycles. The Morgan fingerprint density at radius 3 is 2.50 bits per heavy atom. The van der Waals surface area contributed by atoms with Crippen LogP contribution in [0.25, 0.3) is 0 Å². The van der Waals surface area contributed by atoms with Crippen molar-refractivity contribution < 1.29 is 19.4 Å². The lowest BCUT2D eigenvalue weighted by Crippen LogP contribution is -2.47. The summed E-state index contributed by atoms with van der Waals surface area (Å²) in [5.74, 6) is 0.275. The number of ether oxygens (including phenoxy) is 1. The maximum atomic E-state index is 11.5. The van der Waals surface area contributed by atoms with Gasteiger partial charge in [0.15, 0.2) is 0 Å². The number of nitrogens with one attached hydrogen (secondary N) is 2. The lowest BCUT2D eigenvalue weighted by molar-refractivity contribution is -0.139. The van der Waals surface area contributed by atoms with E-state index in [0.717, 1.165) is 6.42 Å². The van der Waals surface area contributed by atoms with E-state index in [0.29, 0.717) is 37.9 Å². The van der Waals surface area contributed by atoms with Gasteiger partial charge >= 0.3 is 12.0 Å². The van der Waals surface area contributed by atoms with Gasteiger partial charge in [-0.2, -0.15) is 11.8 Å². The molecule has 0 radical (unpaired) electrons. The lowest BCUT2D eigenvalue weighted by Gasteiger charge is -2.14. The molecule has 1 unspecified atom stereocenters. The lowest BCUT2D eigenvalue weighted by atomic mass is 10.1. The summed E-state index contributed by atoms with van der Waals surface area (Å²) in [4.78, 5) is 22.5. The minimum absolute atomic E-state index is 0.374. The predicted molar refractivity (Wildman–Crippen MR) is 81.2 cm³/mol. The van der Waals surface area contributed by atoms with Crippen molar-refractivity contribution >= 4 is 23.8 Å². The standard InChI is InChI=1S/C13H26N2O4S/c1-10(2)4-7-19-8-6-14-13(18)15-11(12(16)17)5-9-20-3/h10-11H,4-9H2,1-3H3,(H,16,17)(H2,14,15,18). The average molecular weight is 306 g/mol. The van der Waals surface area contributed by atoms with Crippen LogP contribution >= 0.6 is 11.8 Å². The first-order chi connectivity index (χ1) is 9.47. The second-order valence-corrected chi connectivity index (χ2v) is 5.85. The molecular formula is C13H26N2O4S. The fraction of sp³-hybridized carbons (Fsp3) is 0.846. The molecular weight excluding hydrogens is 280 g/mol. The van der Waals surface area contributed by atoms with Gasteiger partial charge in [0, 0.05) is 13.2 Å². The number of hydrogen-bond acceptors (Lipinski definition) is 4. The number of amides is 2. The van der Waals surface area contributed by atoms with Crippen molar-refractivity contribution in [2.45, 2.75) is 32.7 Å². The normalized spacial score (nSPS) is 12.2. The smallest absolute Gasteiger partial charge is 0.326 e. The first-order valence-corrected chi connectivity index (χ1v) is 8.20. The largest absolute Gasteiger partial charge is 0.480 e. The van der Waals surface area contributed by atoms with Crippen molar-refractivity contribution in [3.8, 4) is 0 Å². The maximum Gasteiger partial charge on any atom is 0.326 e. The zero-order valence-electron chi connectivity index (χ0n) is 12.5. The number of thioether (sulfide) groups is 1. The van der Waals surface area contributed by atoms with Gasteiger partial charge in [-0.05, 0) is 30.8 Å². The van der Waals surface area contributed by atoms with Crippen LogP contribution in [0.2, 0.25) is 0 Å². The Labute approximate surface area is 125 Å². The third-order valence-electron chi connectivity index (χ3n) is 2.59. The summed E-state index contributed by atoms with van der Waals surface area (Å²) in [5.41, 5.74) is 0. The van der Waals surface area contributed by atoms with Crippen LogP contribution in [0.3, 0.4) is 0 Å². The molecule has 2 amide bonds. The number of carbonyl (C=O) groups excluding carboxylic acids is 1. The highest BCUT2D eigenvalue weighted by Gasteiger charge is 2.18. The van der Waals surface area contributed by atoms with Gasteiger partial charge in [0.05, 0.1) is 6.61 Å². The Bertz CT molecular complexity index is 288. The Kier molecular flexibility index (Phi) is 11.3. The maximum absolute atomic E-state index is 11.5. The Hall–Kier alpha value is -0.950. The summed E-state index contributed by atoms with van der Waals surface area (Å²) in [7, 11) is 0. The predicted octanol–water partition coefficient (Wildman–Crippen LogP) is 1.55. The summed E-state index contributed by atoms with van der Waals surface area (Å²) in [6, 6.07) is -1.31. The Morgan fingerprint density at radius 2 is 1.95 bits per heavy atom. The molecule has 0 aromatic carbocycles. The van der Waals surface area contributed by atoms with Gasteiger partial charge in [0.2, 0.25) is 0 Å². The fourth-order valence-corrected chi connectivity index (χ4v) is 1.83. The van der Waals surface area contributed by atoms with Crippen LogP contribution in [0.4, 0.5) is 4.79 Å². The molecule has 0 spiro atoms. The van der Waals surface area contributed by atoms with Crippen LogP contribution in [0.5, 0.6) is 0 Å². The number of urea groups is 1. The van der Waals surface area contributed by atoms with E-state index in [9.17, 15) is 9.59 Å². The Balaban J connectivity index is 3.71. The SMILES string of the molecule is CSCCC(NC(=O)NCCOCCC(C)C)C(=O)O. The van der Waals surface area contributed by atoms with Gasteiger partial charge in [-0.1, -0.05) is 13.8 Å². The van der Waals surface area contributed by atoms with Crippen LogP contribution < -0.4 is 10.6 Å². The van der Waals surface area contributed by atoms with E-state index < -0.39 is 18.0 Å². The Morgan fingerprint density at radius 1 is 1.25 bits per heavy atom. The van der Waals surface area contributed by atoms with Gasteiger partial charge < -0.3 is 20.5 Å². The van der Waals surface area contributed by atoms with Gasteiger partial charge in [0.1, 0.15) is 6.04 Å². The van der Waals surface area contributed by atoms with Crippen LogP contribution in [0.15, 0.2) is 0 Å². The fourth-order valence-electron chi connectivity index (χ4n) is 1.36. The monoisotopic (exact) mass is 306 g/mol. The van der Waals surface area contributed by atoms with Crippen LogP contribution in [0, 0.1) is 5.92 Å². The van der Waals surface area contributed by atoms with E-state index in [4.69, 9.17) is 9.84 Å². The molecule has 0 fully saturated rings. The van der Waals surface area contributed by atoms with Crippen LogP contribution in [-0.2, 0) is 9.53 Å². The zero-order chi connectivity index (χ0) is 15.4. The first kappa shape index (κ1) is 19.1. The second kappa shape index (κ2) is 11.8. The summed E-state index contributed by atoms with van der Waals surface area (Å²) in [6.45, 7) is 5.72. The van der Waals surface area contributed by atoms with Crippen molar-refractivity contribution in [2.24, 2.45) is 5.92 Å². The summed E-state index contributed by atoms with van der Waals surface area (Å²) in [6.07, 6.45) is 3.30. The molecule has 118 valence electrons. The van der Waals surface area contributed by atoms with Crippen LogP contribution in [0.1, 0.15) is 26.7 Å². The quantitative estimate of drug-likeness (QED) is 0.504. The molecule has 0 aromatic rings. The number of carboxylic acids is 1. The summed E-state index contributed by atoms with van der Waals surface area (Å²) in [5, 5.41) is 14.0. The number of hydrogen-bond donors (Lipinski definition) is 3. The summed E-state index contributed by atoms with van der Waals surface area (Å²) >= 11 is 1.55. The van der Waals surface area contributed by atoms with E-state index in [2.05, 4.69) is 24.5 Å². The van der Waals surface area contributed by atoms with Crippen molar-refractivity contribution in [2.75, 3.05) is 31.8 Å². The van der Waals surface area contributed by atoms with E-state index >= 15 is 0 Å². The number of aliphatic carboxylic acids is 1. The molecule has 0 aliphatic rings. The van der Waals surface area contributed by atoms with E-state index in [1.54, 1.807) is 11.8 Å². The second-order valence-electron chi connectivity index (χ2n) is 4.87. The minimum atomic E-state index is -1.01. The van der Waals surface area contributed by atoms with Gasteiger partial charge in [-0.25, -0.2) is 9.59 Å². The molecule has 0 saturated carbocycles. The van der Waals surface area contributed by atoms with Crippen molar-refractivity contribution in [3.05, 3.63) is 0 Å². The third-order valence-corrected chi connectivity index (χ3v) is 3.23. The topological polar surface area (TPSA) is 87.7 Å². The first-order valence-electron chi connectivity index (χ1n) is 6.81. The van der Waals surface area contributed by atoms with Crippen molar-refractivity contribution in [1.82, 2.24) is 10.6 Å². The number of rotatable bonds is 11. The number of carboxylic acid groups (broad SMARTS) is 1. The molecule has 20 heavy (non-hydrogen) atoms. The zero-order valence-corrected chi connectivity index (χ0v) is 13.3. The molecule has 0 rings (SSSR count). The molecule has 0 aliphatic heterocycles. The molecule has 0 aliphatic carbocycles. The van der Waals surface area contributed by atoms with Crippen LogP contribution in [-0.4, -0.2) is 54.9 Å². The van der Waals surface area contributed by atoms with E-state index in [1.165, 1.54) is 0 Å². The minimum Gasteiger partial charge on any atom is -0.480 e. The summed E-state index contributed by atoms with van der Waals surface area (Å²) < 4.78 is 5.35.